The van der Waals surface area contributed by atoms with Crippen molar-refractivity contribution in [2.24, 2.45) is 0 Å². The van der Waals surface area contributed by atoms with Crippen molar-refractivity contribution in [3.63, 3.8) is 0 Å². The molecule has 0 aliphatic rings. The van der Waals surface area contributed by atoms with Crippen LogP contribution in [0.2, 0.25) is 0 Å². The molecule has 9 rings (SSSR count). The summed E-state index contributed by atoms with van der Waals surface area (Å²) in [6, 6.07) is 55.8. The summed E-state index contributed by atoms with van der Waals surface area (Å²) in [5, 5.41) is 5.31. The van der Waals surface area contributed by atoms with Gasteiger partial charge in [0.1, 0.15) is 0 Å². The highest BCUT2D eigenvalue weighted by molar-refractivity contribution is 6.10. The molecule has 0 radical (unpaired) electrons. The molecule has 5 nitrogen and oxygen atoms in total. The van der Waals surface area contributed by atoms with Crippen LogP contribution in [0.1, 0.15) is 0 Å². The summed E-state index contributed by atoms with van der Waals surface area (Å²) in [6.45, 7) is 0. The van der Waals surface area contributed by atoms with Gasteiger partial charge in [0.25, 0.3) is 0 Å². The van der Waals surface area contributed by atoms with Crippen LogP contribution in [-0.2, 0) is 0 Å². The second-order valence-electron chi connectivity index (χ2n) is 11.7. The minimum Gasteiger partial charge on any atom is -0.227 e. The molecule has 0 amide bonds. The molecule has 2 heterocycles. The second kappa shape index (κ2) is 11.6. The summed E-state index contributed by atoms with van der Waals surface area (Å²) in [5.41, 5.74) is 6.58. The number of benzene rings is 7. The zero-order valence-electron chi connectivity index (χ0n) is 25.8. The van der Waals surface area contributed by atoms with Gasteiger partial charge in [-0.2, -0.15) is 0 Å². The van der Waals surface area contributed by atoms with Crippen molar-refractivity contribution in [3.05, 3.63) is 164 Å². The number of aromatic nitrogens is 5. The SMILES string of the molecule is c1ccc(-c2nc(-c3ccc4ccc5c(-c6ccccc6)nc(-c6ccccc6)nc5c4c3)nc(-c3cccc4ccccc34)n2)cc1. The number of fused-ring (bicyclic) bond motifs is 4. The first kappa shape index (κ1) is 27.7. The lowest BCUT2D eigenvalue weighted by atomic mass is 9.99. The molecule has 224 valence electrons. The summed E-state index contributed by atoms with van der Waals surface area (Å²) in [7, 11) is 0. The van der Waals surface area contributed by atoms with E-state index < -0.39 is 0 Å². The zero-order valence-corrected chi connectivity index (χ0v) is 25.8. The smallest absolute Gasteiger partial charge is 0.164 e. The minimum atomic E-state index is 0.603. The molecule has 0 N–H and O–H groups in total. The van der Waals surface area contributed by atoms with Crippen LogP contribution in [0.4, 0.5) is 0 Å². The number of nitrogens with zero attached hydrogens (tertiary/aromatic N) is 5. The van der Waals surface area contributed by atoms with Gasteiger partial charge in [0, 0.05) is 38.6 Å². The van der Waals surface area contributed by atoms with E-state index in [2.05, 4.69) is 97.1 Å². The van der Waals surface area contributed by atoms with Gasteiger partial charge in [-0.1, -0.05) is 152 Å². The maximum atomic E-state index is 5.19. The van der Waals surface area contributed by atoms with Crippen molar-refractivity contribution >= 4 is 32.4 Å². The van der Waals surface area contributed by atoms with E-state index in [4.69, 9.17) is 24.9 Å². The normalized spacial score (nSPS) is 11.3. The van der Waals surface area contributed by atoms with E-state index in [1.165, 1.54) is 0 Å². The fraction of sp³-hybridized carbons (Fsp3) is 0. The topological polar surface area (TPSA) is 64.5 Å². The Kier molecular flexibility index (Phi) is 6.72. The third kappa shape index (κ3) is 4.95. The van der Waals surface area contributed by atoms with Crippen LogP contribution in [0.15, 0.2) is 164 Å². The predicted molar refractivity (Wildman–Crippen MR) is 195 cm³/mol. The van der Waals surface area contributed by atoms with E-state index in [9.17, 15) is 0 Å². The molecule has 0 aliphatic carbocycles. The molecule has 0 bridgehead atoms. The largest absolute Gasteiger partial charge is 0.227 e. The van der Waals surface area contributed by atoms with Crippen molar-refractivity contribution < 1.29 is 0 Å². The van der Waals surface area contributed by atoms with Gasteiger partial charge in [0.2, 0.25) is 0 Å². The van der Waals surface area contributed by atoms with Crippen LogP contribution < -0.4 is 0 Å². The Balaban J connectivity index is 1.30. The molecule has 0 atom stereocenters. The fourth-order valence-corrected chi connectivity index (χ4v) is 6.35. The van der Waals surface area contributed by atoms with Gasteiger partial charge in [-0.15, -0.1) is 0 Å². The van der Waals surface area contributed by atoms with Gasteiger partial charge in [0.05, 0.1) is 11.2 Å². The number of hydrogen-bond donors (Lipinski definition) is 0. The lowest BCUT2D eigenvalue weighted by molar-refractivity contribution is 1.08. The Morgan fingerprint density at radius 3 is 1.56 bits per heavy atom. The van der Waals surface area contributed by atoms with Crippen molar-refractivity contribution in [1.29, 1.82) is 0 Å². The first-order valence-corrected chi connectivity index (χ1v) is 15.9. The molecule has 0 saturated heterocycles. The first-order chi connectivity index (χ1) is 23.8. The molecule has 5 heteroatoms. The molecule has 0 unspecified atom stereocenters. The van der Waals surface area contributed by atoms with Gasteiger partial charge < -0.3 is 0 Å². The van der Waals surface area contributed by atoms with Crippen molar-refractivity contribution in [3.8, 4) is 56.8 Å². The van der Waals surface area contributed by atoms with Crippen LogP contribution in [-0.4, -0.2) is 24.9 Å². The molecular weight excluding hydrogens is 587 g/mol. The molecule has 0 spiro atoms. The summed E-state index contributed by atoms with van der Waals surface area (Å²) in [5.74, 6) is 2.55. The third-order valence-electron chi connectivity index (χ3n) is 8.72. The highest BCUT2D eigenvalue weighted by Crippen LogP contribution is 2.36. The summed E-state index contributed by atoms with van der Waals surface area (Å²) in [4.78, 5) is 25.5. The molecular formula is C43H27N5. The summed E-state index contributed by atoms with van der Waals surface area (Å²) < 4.78 is 0. The molecule has 2 aromatic heterocycles. The van der Waals surface area contributed by atoms with E-state index in [1.54, 1.807) is 0 Å². The van der Waals surface area contributed by atoms with Crippen LogP contribution in [0.3, 0.4) is 0 Å². The van der Waals surface area contributed by atoms with Crippen LogP contribution in [0, 0.1) is 0 Å². The lowest BCUT2D eigenvalue weighted by Gasteiger charge is -2.13. The van der Waals surface area contributed by atoms with Gasteiger partial charge in [-0.05, 0) is 28.3 Å². The highest BCUT2D eigenvalue weighted by Gasteiger charge is 2.17. The van der Waals surface area contributed by atoms with Crippen LogP contribution in [0.5, 0.6) is 0 Å². The fourth-order valence-electron chi connectivity index (χ4n) is 6.35. The Labute approximate surface area is 277 Å². The second-order valence-corrected chi connectivity index (χ2v) is 11.7. The van der Waals surface area contributed by atoms with Gasteiger partial charge in [0.15, 0.2) is 23.3 Å². The maximum Gasteiger partial charge on any atom is 0.164 e. The van der Waals surface area contributed by atoms with Gasteiger partial charge >= 0.3 is 0 Å². The zero-order chi connectivity index (χ0) is 31.9. The van der Waals surface area contributed by atoms with E-state index in [1.807, 2.05) is 66.7 Å². The van der Waals surface area contributed by atoms with Crippen molar-refractivity contribution in [2.75, 3.05) is 0 Å². The van der Waals surface area contributed by atoms with Gasteiger partial charge in [-0.3, -0.25) is 0 Å². The third-order valence-corrected chi connectivity index (χ3v) is 8.72. The molecule has 9 aromatic rings. The van der Waals surface area contributed by atoms with E-state index in [-0.39, 0.29) is 0 Å². The summed E-state index contributed by atoms with van der Waals surface area (Å²) in [6.07, 6.45) is 0. The van der Waals surface area contributed by atoms with Crippen LogP contribution >= 0.6 is 0 Å². The molecule has 0 aliphatic heterocycles. The quantitative estimate of drug-likeness (QED) is 0.181. The number of rotatable bonds is 5. The molecule has 0 fully saturated rings. The van der Waals surface area contributed by atoms with Crippen molar-refractivity contribution in [2.45, 2.75) is 0 Å². The minimum absolute atomic E-state index is 0.603. The predicted octanol–water partition coefficient (Wildman–Crippen LogP) is 10.5. The first-order valence-electron chi connectivity index (χ1n) is 15.9. The summed E-state index contributed by atoms with van der Waals surface area (Å²) >= 11 is 0. The Morgan fingerprint density at radius 1 is 0.292 bits per heavy atom. The van der Waals surface area contributed by atoms with E-state index in [0.29, 0.717) is 23.3 Å². The maximum absolute atomic E-state index is 5.19. The average molecular weight is 614 g/mol. The van der Waals surface area contributed by atoms with Gasteiger partial charge in [-0.25, -0.2) is 24.9 Å². The Bertz CT molecular complexity index is 2600. The van der Waals surface area contributed by atoms with E-state index in [0.717, 1.165) is 66.0 Å². The monoisotopic (exact) mass is 613 g/mol. The van der Waals surface area contributed by atoms with Crippen molar-refractivity contribution in [1.82, 2.24) is 24.9 Å². The molecule has 7 aromatic carbocycles. The molecule has 0 saturated carbocycles. The lowest BCUT2D eigenvalue weighted by Crippen LogP contribution is -2.01. The van der Waals surface area contributed by atoms with Crippen LogP contribution in [0.25, 0.3) is 89.3 Å². The van der Waals surface area contributed by atoms with E-state index >= 15 is 0 Å². The molecule has 48 heavy (non-hydrogen) atoms. The highest BCUT2D eigenvalue weighted by atomic mass is 15.0. The Hall–Kier alpha value is -6.59. The number of hydrogen-bond acceptors (Lipinski definition) is 5. The Morgan fingerprint density at radius 2 is 0.833 bits per heavy atom. The standard InChI is InChI=1S/C43H27N5/c1-4-14-30(15-5-1)38-36-26-25-29-23-24-33(27-37(29)39(36)45-40(44-38)31-16-6-2-7-17-31)42-46-41(32-18-8-3-9-19-32)47-43(48-42)35-22-12-20-28-13-10-11-21-34(28)35/h1-27H. The average Bonchev–Trinajstić information content (AvgIpc) is 3.17.